The molecular weight excluding hydrogens is 307 g/mol. The summed E-state index contributed by atoms with van der Waals surface area (Å²) in [4.78, 5) is 13.9. The van der Waals surface area contributed by atoms with Gasteiger partial charge in [-0.1, -0.05) is 0 Å². The summed E-state index contributed by atoms with van der Waals surface area (Å²) in [5, 5.41) is -0.139. The van der Waals surface area contributed by atoms with E-state index in [1.165, 1.54) is 6.20 Å². The van der Waals surface area contributed by atoms with E-state index in [0.29, 0.717) is 31.6 Å². The van der Waals surface area contributed by atoms with Crippen molar-refractivity contribution in [3.63, 3.8) is 0 Å². The summed E-state index contributed by atoms with van der Waals surface area (Å²) in [6, 6.07) is 1.66. The zero-order valence-corrected chi connectivity index (χ0v) is 12.8. The van der Waals surface area contributed by atoms with Crippen molar-refractivity contribution >= 4 is 9.84 Å². The van der Waals surface area contributed by atoms with E-state index < -0.39 is 9.84 Å². The second kappa shape index (κ2) is 5.69. The van der Waals surface area contributed by atoms with Crippen LogP contribution in [-0.4, -0.2) is 41.1 Å². The van der Waals surface area contributed by atoms with Crippen LogP contribution in [0.5, 0.6) is 0 Å². The quantitative estimate of drug-likeness (QED) is 0.784. The van der Waals surface area contributed by atoms with Gasteiger partial charge in [-0.25, -0.2) is 22.8 Å². The van der Waals surface area contributed by atoms with Crippen LogP contribution in [0.2, 0.25) is 0 Å². The topological polar surface area (TPSA) is 76.1 Å². The molecule has 22 heavy (non-hydrogen) atoms. The van der Waals surface area contributed by atoms with Gasteiger partial charge in [-0.2, -0.15) is 0 Å². The van der Waals surface area contributed by atoms with Gasteiger partial charge in [-0.3, -0.25) is 9.88 Å². The molecule has 1 aliphatic heterocycles. The van der Waals surface area contributed by atoms with Crippen molar-refractivity contribution in [3.05, 3.63) is 47.3 Å². The van der Waals surface area contributed by atoms with E-state index in [1.54, 1.807) is 18.5 Å². The van der Waals surface area contributed by atoms with Gasteiger partial charge in [0.15, 0.2) is 0 Å². The average Bonchev–Trinajstić information content (AvgIpc) is 2.48. The third kappa shape index (κ3) is 3.12. The lowest BCUT2D eigenvalue weighted by Crippen LogP contribution is -2.31. The van der Waals surface area contributed by atoms with Crippen LogP contribution in [0, 0.1) is 5.82 Å². The van der Waals surface area contributed by atoms with E-state index in [1.807, 2.05) is 0 Å². The first kappa shape index (κ1) is 15.0. The molecule has 0 bridgehead atoms. The Morgan fingerprint density at radius 3 is 2.91 bits per heavy atom. The number of aromatic nitrogens is 3. The van der Waals surface area contributed by atoms with Gasteiger partial charge in [-0.15, -0.1) is 0 Å². The van der Waals surface area contributed by atoms with E-state index in [0.717, 1.165) is 17.5 Å². The Morgan fingerprint density at radius 1 is 1.36 bits per heavy atom. The highest BCUT2D eigenvalue weighted by atomic mass is 32.2. The fourth-order valence-corrected chi connectivity index (χ4v) is 2.96. The third-order valence-electron chi connectivity index (χ3n) is 3.57. The largest absolute Gasteiger partial charge is 0.294 e. The molecule has 116 valence electrons. The Kier molecular flexibility index (Phi) is 3.88. The summed E-state index contributed by atoms with van der Waals surface area (Å²) in [6.07, 6.45) is 6.03. The molecule has 6 nitrogen and oxygen atoms in total. The Bertz CT molecular complexity index is 810. The minimum Gasteiger partial charge on any atom is -0.294 e. The van der Waals surface area contributed by atoms with Crippen molar-refractivity contribution in [2.24, 2.45) is 0 Å². The lowest BCUT2D eigenvalue weighted by atomic mass is 10.1. The Balaban J connectivity index is 1.79. The molecule has 0 amide bonds. The number of nitrogens with zero attached hydrogens (tertiary/aromatic N) is 4. The minimum absolute atomic E-state index is 0.139. The maximum Gasteiger partial charge on any atom is 0.246 e. The summed E-state index contributed by atoms with van der Waals surface area (Å²) in [5.41, 5.74) is 2.22. The molecule has 3 heterocycles. The normalized spacial score (nSPS) is 15.5. The van der Waals surface area contributed by atoms with Crippen molar-refractivity contribution < 1.29 is 12.8 Å². The highest BCUT2D eigenvalue weighted by molar-refractivity contribution is 7.90. The van der Waals surface area contributed by atoms with E-state index in [-0.39, 0.29) is 11.0 Å². The first-order valence-electron chi connectivity index (χ1n) is 6.79. The number of halogens is 1. The molecule has 0 N–H and O–H groups in total. The molecule has 2 aromatic heterocycles. The molecule has 1 aliphatic rings. The molecule has 0 spiro atoms. The highest BCUT2D eigenvalue weighted by Crippen LogP contribution is 2.20. The molecule has 0 fully saturated rings. The number of pyridine rings is 1. The number of sulfone groups is 1. The molecule has 0 unspecified atom stereocenters. The predicted octanol–water partition coefficient (Wildman–Crippen LogP) is 0.972. The second-order valence-corrected chi connectivity index (χ2v) is 7.23. The minimum atomic E-state index is -3.40. The van der Waals surface area contributed by atoms with Crippen molar-refractivity contribution in [3.8, 4) is 0 Å². The molecule has 0 saturated heterocycles. The number of fused-ring (bicyclic) bond motifs is 1. The molecule has 8 heteroatoms. The summed E-state index contributed by atoms with van der Waals surface area (Å²) < 4.78 is 36.6. The molecule has 3 rings (SSSR count). The van der Waals surface area contributed by atoms with Gasteiger partial charge in [0.1, 0.15) is 5.82 Å². The molecule has 0 saturated carbocycles. The lowest BCUT2D eigenvalue weighted by molar-refractivity contribution is 0.238. The lowest BCUT2D eigenvalue weighted by Gasteiger charge is -2.28. The van der Waals surface area contributed by atoms with Gasteiger partial charge >= 0.3 is 0 Å². The third-order valence-corrected chi connectivity index (χ3v) is 4.43. The molecule has 2 aromatic rings. The van der Waals surface area contributed by atoms with Crippen LogP contribution in [0.15, 0.2) is 29.8 Å². The zero-order valence-electron chi connectivity index (χ0n) is 12.0. The van der Waals surface area contributed by atoms with E-state index in [9.17, 15) is 12.8 Å². The van der Waals surface area contributed by atoms with Crippen LogP contribution in [0.3, 0.4) is 0 Å². The molecule has 0 aromatic carbocycles. The van der Waals surface area contributed by atoms with Crippen LogP contribution in [0.1, 0.15) is 16.8 Å². The zero-order chi connectivity index (χ0) is 15.7. The van der Waals surface area contributed by atoms with Gasteiger partial charge in [0.2, 0.25) is 15.0 Å². The van der Waals surface area contributed by atoms with Crippen LogP contribution >= 0.6 is 0 Å². The molecule has 0 atom stereocenters. The smallest absolute Gasteiger partial charge is 0.246 e. The standard InChI is InChI=1S/C14H15FN4O2S/c1-22(20,21)14-17-6-11-9-19(5-3-13(11)18-14)8-10-2-4-16-7-12(10)15/h2,4,6-7H,3,5,8-9H2,1H3. The first-order valence-corrected chi connectivity index (χ1v) is 8.68. The SMILES string of the molecule is CS(=O)(=O)c1ncc2c(n1)CCN(Cc1ccncc1F)C2. The predicted molar refractivity (Wildman–Crippen MR) is 77.2 cm³/mol. The summed E-state index contributed by atoms with van der Waals surface area (Å²) in [5.74, 6) is -0.322. The Morgan fingerprint density at radius 2 is 2.18 bits per heavy atom. The number of rotatable bonds is 3. The van der Waals surface area contributed by atoms with Crippen LogP contribution < -0.4 is 0 Å². The average molecular weight is 322 g/mol. The molecular formula is C14H15FN4O2S. The van der Waals surface area contributed by atoms with E-state index in [4.69, 9.17) is 0 Å². The van der Waals surface area contributed by atoms with Gasteiger partial charge in [0.05, 0.1) is 11.9 Å². The van der Waals surface area contributed by atoms with Gasteiger partial charge < -0.3 is 0 Å². The molecule has 0 radical (unpaired) electrons. The van der Waals surface area contributed by atoms with E-state index in [2.05, 4.69) is 19.9 Å². The van der Waals surface area contributed by atoms with E-state index >= 15 is 0 Å². The maximum absolute atomic E-state index is 13.6. The Hall–Kier alpha value is -1.93. The Labute approximate surface area is 128 Å². The first-order chi connectivity index (χ1) is 10.4. The summed E-state index contributed by atoms with van der Waals surface area (Å²) >= 11 is 0. The van der Waals surface area contributed by atoms with Crippen molar-refractivity contribution in [2.75, 3.05) is 12.8 Å². The fourth-order valence-electron chi connectivity index (χ4n) is 2.44. The van der Waals surface area contributed by atoms with Crippen molar-refractivity contribution in [2.45, 2.75) is 24.7 Å². The van der Waals surface area contributed by atoms with Gasteiger partial charge in [-0.05, 0) is 6.07 Å². The summed E-state index contributed by atoms with van der Waals surface area (Å²) in [7, 11) is -3.40. The fraction of sp³-hybridized carbons (Fsp3) is 0.357. The number of hydrogen-bond donors (Lipinski definition) is 0. The van der Waals surface area contributed by atoms with Crippen LogP contribution in [-0.2, 0) is 29.3 Å². The van der Waals surface area contributed by atoms with Crippen LogP contribution in [0.4, 0.5) is 4.39 Å². The summed E-state index contributed by atoms with van der Waals surface area (Å²) in [6.45, 7) is 1.73. The van der Waals surface area contributed by atoms with Gasteiger partial charge in [0.25, 0.3) is 0 Å². The highest BCUT2D eigenvalue weighted by Gasteiger charge is 2.21. The maximum atomic E-state index is 13.6. The van der Waals surface area contributed by atoms with Crippen molar-refractivity contribution in [1.82, 2.24) is 19.9 Å². The number of hydrogen-bond acceptors (Lipinski definition) is 6. The van der Waals surface area contributed by atoms with Crippen LogP contribution in [0.25, 0.3) is 0 Å². The van der Waals surface area contributed by atoms with Gasteiger partial charge in [0, 0.05) is 55.8 Å². The van der Waals surface area contributed by atoms with Crippen molar-refractivity contribution in [1.29, 1.82) is 0 Å². The monoisotopic (exact) mass is 322 g/mol. The molecule has 0 aliphatic carbocycles. The second-order valence-electron chi connectivity index (χ2n) is 5.32.